The lowest BCUT2D eigenvalue weighted by molar-refractivity contribution is 0.100. The van der Waals surface area contributed by atoms with Crippen LogP contribution in [0.1, 0.15) is 9.67 Å². The molecule has 0 unspecified atom stereocenters. The summed E-state index contributed by atoms with van der Waals surface area (Å²) in [6.45, 7) is 0. The molecule has 0 bridgehead atoms. The Morgan fingerprint density at radius 1 is 1.17 bits per heavy atom. The third-order valence-corrected chi connectivity index (χ3v) is 3.71. The van der Waals surface area contributed by atoms with E-state index in [1.54, 1.807) is 6.07 Å². The number of thiophene rings is 1. The van der Waals surface area contributed by atoms with E-state index in [0.717, 1.165) is 22.0 Å². The van der Waals surface area contributed by atoms with Gasteiger partial charge in [0.2, 0.25) is 0 Å². The minimum Gasteiger partial charge on any atom is -0.365 e. The Bertz CT molecular complexity index is 733. The number of fused-ring (bicyclic) bond motifs is 1. The number of aromatic nitrogens is 1. The van der Waals surface area contributed by atoms with Crippen molar-refractivity contribution in [3.8, 4) is 11.1 Å². The van der Waals surface area contributed by atoms with Crippen molar-refractivity contribution in [2.75, 3.05) is 0 Å². The van der Waals surface area contributed by atoms with Crippen molar-refractivity contribution in [2.24, 2.45) is 5.73 Å². The lowest BCUT2D eigenvalue weighted by Crippen LogP contribution is -2.08. The first-order chi connectivity index (χ1) is 8.74. The van der Waals surface area contributed by atoms with Gasteiger partial charge in [-0.25, -0.2) is 0 Å². The maximum absolute atomic E-state index is 11.1. The fourth-order valence-corrected chi connectivity index (χ4v) is 2.61. The molecule has 0 spiro atoms. The zero-order valence-electron chi connectivity index (χ0n) is 9.46. The molecule has 0 aliphatic heterocycles. The highest BCUT2D eigenvalue weighted by molar-refractivity contribution is 7.12. The number of nitrogens with two attached hydrogens (primary N) is 1. The third kappa shape index (κ3) is 1.87. The van der Waals surface area contributed by atoms with Crippen LogP contribution in [0.15, 0.2) is 48.0 Å². The summed E-state index contributed by atoms with van der Waals surface area (Å²) in [7, 11) is 0. The SMILES string of the molecule is NC(=O)c1cc(-c2cnc3ccccc3c2)cs1. The quantitative estimate of drug-likeness (QED) is 0.764. The average Bonchev–Trinajstić information content (AvgIpc) is 2.88. The number of pyridine rings is 1. The molecule has 0 fully saturated rings. The topological polar surface area (TPSA) is 56.0 Å². The van der Waals surface area contributed by atoms with Gasteiger partial charge >= 0.3 is 0 Å². The van der Waals surface area contributed by atoms with Crippen molar-refractivity contribution in [2.45, 2.75) is 0 Å². The number of benzene rings is 1. The molecule has 2 aromatic heterocycles. The summed E-state index contributed by atoms with van der Waals surface area (Å²) in [5, 5.41) is 3.01. The predicted molar refractivity (Wildman–Crippen MR) is 73.6 cm³/mol. The minimum absolute atomic E-state index is 0.389. The van der Waals surface area contributed by atoms with Crippen molar-refractivity contribution in [1.82, 2.24) is 4.98 Å². The summed E-state index contributed by atoms with van der Waals surface area (Å²) in [4.78, 5) is 16.0. The van der Waals surface area contributed by atoms with E-state index >= 15 is 0 Å². The lowest BCUT2D eigenvalue weighted by atomic mass is 10.1. The van der Waals surface area contributed by atoms with E-state index in [9.17, 15) is 4.79 Å². The van der Waals surface area contributed by atoms with Crippen LogP contribution in [0.5, 0.6) is 0 Å². The molecule has 2 heterocycles. The summed E-state index contributed by atoms with van der Waals surface area (Å²) >= 11 is 1.36. The van der Waals surface area contributed by atoms with Gasteiger partial charge in [0.15, 0.2) is 0 Å². The Morgan fingerprint density at radius 3 is 2.78 bits per heavy atom. The number of primary amides is 1. The Balaban J connectivity index is 2.10. The molecule has 1 aromatic carbocycles. The second-order valence-corrected chi connectivity index (χ2v) is 4.89. The zero-order chi connectivity index (χ0) is 12.5. The van der Waals surface area contributed by atoms with Crippen LogP contribution in [0.4, 0.5) is 0 Å². The van der Waals surface area contributed by atoms with Crippen LogP contribution < -0.4 is 5.73 Å². The monoisotopic (exact) mass is 254 g/mol. The number of carbonyl (C=O) groups excluding carboxylic acids is 1. The molecule has 0 aliphatic carbocycles. The number of amides is 1. The molecule has 0 saturated carbocycles. The fourth-order valence-electron chi connectivity index (χ4n) is 1.85. The molecule has 4 heteroatoms. The van der Waals surface area contributed by atoms with Gasteiger partial charge < -0.3 is 5.73 Å². The molecule has 0 radical (unpaired) electrons. The number of rotatable bonds is 2. The van der Waals surface area contributed by atoms with E-state index in [0.29, 0.717) is 4.88 Å². The van der Waals surface area contributed by atoms with Crippen LogP contribution in [-0.4, -0.2) is 10.9 Å². The average molecular weight is 254 g/mol. The van der Waals surface area contributed by atoms with E-state index in [-0.39, 0.29) is 5.91 Å². The van der Waals surface area contributed by atoms with Crippen LogP contribution in [0.25, 0.3) is 22.0 Å². The first kappa shape index (κ1) is 10.9. The van der Waals surface area contributed by atoms with E-state index in [4.69, 9.17) is 5.73 Å². The minimum atomic E-state index is -0.389. The van der Waals surface area contributed by atoms with Gasteiger partial charge in [0.05, 0.1) is 10.4 Å². The molecule has 3 aromatic rings. The second-order valence-electron chi connectivity index (χ2n) is 3.98. The summed E-state index contributed by atoms with van der Waals surface area (Å²) < 4.78 is 0. The lowest BCUT2D eigenvalue weighted by Gasteiger charge is -2.00. The van der Waals surface area contributed by atoms with E-state index in [2.05, 4.69) is 11.1 Å². The first-order valence-corrected chi connectivity index (χ1v) is 6.35. The summed E-state index contributed by atoms with van der Waals surface area (Å²) in [5.74, 6) is -0.389. The van der Waals surface area contributed by atoms with Crippen LogP contribution >= 0.6 is 11.3 Å². The highest BCUT2D eigenvalue weighted by Crippen LogP contribution is 2.27. The highest BCUT2D eigenvalue weighted by atomic mass is 32.1. The summed E-state index contributed by atoms with van der Waals surface area (Å²) in [6, 6.07) is 11.8. The molecule has 2 N–H and O–H groups in total. The van der Waals surface area contributed by atoms with Gasteiger partial charge in [0, 0.05) is 17.1 Å². The van der Waals surface area contributed by atoms with Gasteiger partial charge in [-0.1, -0.05) is 18.2 Å². The molecule has 88 valence electrons. The predicted octanol–water partition coefficient (Wildman–Crippen LogP) is 3.06. The standard InChI is InChI=1S/C14H10N2OS/c15-14(17)13-6-11(8-18-13)10-5-9-3-1-2-4-12(9)16-7-10/h1-8H,(H2,15,17). The molecule has 3 rings (SSSR count). The van der Waals surface area contributed by atoms with Crippen molar-refractivity contribution in [3.05, 3.63) is 52.9 Å². The molecular formula is C14H10N2OS. The zero-order valence-corrected chi connectivity index (χ0v) is 10.3. The van der Waals surface area contributed by atoms with E-state index < -0.39 is 0 Å². The molecule has 3 nitrogen and oxygen atoms in total. The molecule has 18 heavy (non-hydrogen) atoms. The van der Waals surface area contributed by atoms with Gasteiger partial charge in [-0.15, -0.1) is 11.3 Å². The maximum atomic E-state index is 11.1. The summed E-state index contributed by atoms with van der Waals surface area (Å²) in [6.07, 6.45) is 1.81. The Hall–Kier alpha value is -2.20. The fraction of sp³-hybridized carbons (Fsp3) is 0. The number of hydrogen-bond acceptors (Lipinski definition) is 3. The largest absolute Gasteiger partial charge is 0.365 e. The van der Waals surface area contributed by atoms with Gasteiger partial charge in [-0.3, -0.25) is 9.78 Å². The van der Waals surface area contributed by atoms with Crippen molar-refractivity contribution in [3.63, 3.8) is 0 Å². The van der Waals surface area contributed by atoms with Crippen LogP contribution in [0, 0.1) is 0 Å². The van der Waals surface area contributed by atoms with Crippen molar-refractivity contribution < 1.29 is 4.79 Å². The molecule has 0 aliphatic rings. The maximum Gasteiger partial charge on any atom is 0.258 e. The third-order valence-electron chi connectivity index (χ3n) is 2.77. The number of para-hydroxylation sites is 1. The number of hydrogen-bond donors (Lipinski definition) is 1. The molecule has 0 saturated heterocycles. The summed E-state index contributed by atoms with van der Waals surface area (Å²) in [5.41, 5.74) is 8.19. The van der Waals surface area contributed by atoms with E-state index in [1.165, 1.54) is 11.3 Å². The van der Waals surface area contributed by atoms with Gasteiger partial charge in [-0.05, 0) is 29.1 Å². The second kappa shape index (κ2) is 4.23. The molecular weight excluding hydrogens is 244 g/mol. The highest BCUT2D eigenvalue weighted by Gasteiger charge is 2.07. The normalized spacial score (nSPS) is 10.7. The Labute approximate surface area is 108 Å². The van der Waals surface area contributed by atoms with Gasteiger partial charge in [0.1, 0.15) is 0 Å². The Kier molecular flexibility index (Phi) is 2.57. The first-order valence-electron chi connectivity index (χ1n) is 5.47. The van der Waals surface area contributed by atoms with Crippen LogP contribution in [-0.2, 0) is 0 Å². The van der Waals surface area contributed by atoms with Crippen molar-refractivity contribution in [1.29, 1.82) is 0 Å². The van der Waals surface area contributed by atoms with Gasteiger partial charge in [-0.2, -0.15) is 0 Å². The van der Waals surface area contributed by atoms with Crippen LogP contribution in [0.2, 0.25) is 0 Å². The van der Waals surface area contributed by atoms with E-state index in [1.807, 2.05) is 35.8 Å². The van der Waals surface area contributed by atoms with Gasteiger partial charge in [0.25, 0.3) is 5.91 Å². The van der Waals surface area contributed by atoms with Crippen molar-refractivity contribution >= 4 is 28.1 Å². The number of carbonyl (C=O) groups is 1. The number of nitrogens with zero attached hydrogens (tertiary/aromatic N) is 1. The molecule has 1 amide bonds. The van der Waals surface area contributed by atoms with Crippen LogP contribution in [0.3, 0.4) is 0 Å². The Morgan fingerprint density at radius 2 is 2.00 bits per heavy atom. The smallest absolute Gasteiger partial charge is 0.258 e. The molecule has 0 atom stereocenters.